The summed E-state index contributed by atoms with van der Waals surface area (Å²) in [6, 6.07) is 19.2. The van der Waals surface area contributed by atoms with Crippen LogP contribution in [0.25, 0.3) is 22.2 Å². The van der Waals surface area contributed by atoms with Gasteiger partial charge in [-0.25, -0.2) is 4.79 Å². The molecule has 1 aromatic heterocycles. The molecule has 3 rings (SSSR count). The first kappa shape index (κ1) is 23.6. The molecule has 0 aliphatic rings. The van der Waals surface area contributed by atoms with Crippen molar-refractivity contribution in [1.82, 2.24) is 4.57 Å². The first-order valence-electron chi connectivity index (χ1n) is 11.2. The van der Waals surface area contributed by atoms with Crippen LogP contribution in [-0.2, 0) is 9.53 Å². The molecule has 0 N–H and O–H groups in total. The number of rotatable bonds is 8. The Kier molecular flexibility index (Phi) is 6.54. The van der Waals surface area contributed by atoms with Crippen molar-refractivity contribution in [3.05, 3.63) is 66.7 Å². The maximum Gasteiger partial charge on any atom is 0.333 e. The predicted molar refractivity (Wildman–Crippen MR) is 132 cm³/mol. The standard InChI is InChI=1S/C28H35NO3/c1-19(2)26(30)32-28(7,8)18-27(5,6)31-23-15-14-22-16-24(21-12-10-9-11-13-21)29(20(3)4)25(22)17-23/h9-17,20H,1,18H2,2-8H3. The monoisotopic (exact) mass is 433 g/mol. The van der Waals surface area contributed by atoms with Crippen LogP contribution in [0.4, 0.5) is 0 Å². The molecule has 0 radical (unpaired) electrons. The van der Waals surface area contributed by atoms with Crippen LogP contribution >= 0.6 is 0 Å². The van der Waals surface area contributed by atoms with E-state index in [-0.39, 0.29) is 5.97 Å². The molecule has 0 atom stereocenters. The van der Waals surface area contributed by atoms with Gasteiger partial charge in [0.05, 0.1) is 5.52 Å². The lowest BCUT2D eigenvalue weighted by Crippen LogP contribution is -2.40. The Labute approximate surface area is 191 Å². The Bertz CT molecular complexity index is 1120. The Balaban J connectivity index is 1.90. The number of hydrogen-bond acceptors (Lipinski definition) is 3. The van der Waals surface area contributed by atoms with Gasteiger partial charge in [0, 0.05) is 35.2 Å². The van der Waals surface area contributed by atoms with Gasteiger partial charge in [0.25, 0.3) is 0 Å². The molecular formula is C28H35NO3. The zero-order valence-corrected chi connectivity index (χ0v) is 20.4. The van der Waals surface area contributed by atoms with Gasteiger partial charge in [-0.1, -0.05) is 36.9 Å². The summed E-state index contributed by atoms with van der Waals surface area (Å²) in [5.41, 5.74) is 2.71. The number of carbonyl (C=O) groups is 1. The van der Waals surface area contributed by atoms with Crippen LogP contribution in [0.1, 0.15) is 60.9 Å². The maximum absolute atomic E-state index is 12.0. The lowest BCUT2D eigenvalue weighted by molar-refractivity contribution is -0.155. The van der Waals surface area contributed by atoms with Crippen molar-refractivity contribution >= 4 is 16.9 Å². The number of nitrogens with zero attached hydrogens (tertiary/aromatic N) is 1. The first-order chi connectivity index (χ1) is 14.9. The second-order valence-electron chi connectivity index (χ2n) is 10.0. The highest BCUT2D eigenvalue weighted by molar-refractivity contribution is 5.88. The number of esters is 1. The third kappa shape index (κ3) is 5.42. The number of carbonyl (C=O) groups excluding carboxylic acids is 1. The third-order valence-corrected chi connectivity index (χ3v) is 5.36. The number of hydrogen-bond donors (Lipinski definition) is 0. The second kappa shape index (κ2) is 8.85. The highest BCUT2D eigenvalue weighted by Crippen LogP contribution is 2.35. The summed E-state index contributed by atoms with van der Waals surface area (Å²) >= 11 is 0. The third-order valence-electron chi connectivity index (χ3n) is 5.36. The Morgan fingerprint density at radius 1 is 1.00 bits per heavy atom. The minimum atomic E-state index is -0.678. The summed E-state index contributed by atoms with van der Waals surface area (Å²) in [6.45, 7) is 17.6. The Morgan fingerprint density at radius 3 is 2.25 bits per heavy atom. The van der Waals surface area contributed by atoms with E-state index in [1.807, 2.05) is 39.8 Å². The summed E-state index contributed by atoms with van der Waals surface area (Å²) in [7, 11) is 0. The fourth-order valence-corrected chi connectivity index (χ4v) is 4.41. The molecule has 32 heavy (non-hydrogen) atoms. The largest absolute Gasteiger partial charge is 0.488 e. The van der Waals surface area contributed by atoms with E-state index in [9.17, 15) is 4.79 Å². The summed E-state index contributed by atoms with van der Waals surface area (Å²) in [5.74, 6) is 0.416. The summed E-state index contributed by atoms with van der Waals surface area (Å²) in [6.07, 6.45) is 0.539. The van der Waals surface area contributed by atoms with Gasteiger partial charge in [-0.05, 0) is 72.2 Å². The van der Waals surface area contributed by atoms with E-state index in [0.29, 0.717) is 18.0 Å². The lowest BCUT2D eigenvalue weighted by atomic mass is 9.92. The van der Waals surface area contributed by atoms with E-state index in [1.165, 1.54) is 16.6 Å². The summed E-state index contributed by atoms with van der Waals surface area (Å²) in [4.78, 5) is 12.0. The van der Waals surface area contributed by atoms with Crippen LogP contribution < -0.4 is 4.74 Å². The van der Waals surface area contributed by atoms with Crippen LogP contribution in [0.15, 0.2) is 66.7 Å². The molecule has 2 aromatic carbocycles. The van der Waals surface area contributed by atoms with Gasteiger partial charge in [-0.2, -0.15) is 0 Å². The van der Waals surface area contributed by atoms with Gasteiger partial charge in [0.1, 0.15) is 17.0 Å². The molecule has 0 aliphatic carbocycles. The van der Waals surface area contributed by atoms with Gasteiger partial charge in [0.2, 0.25) is 0 Å². The van der Waals surface area contributed by atoms with E-state index in [2.05, 4.69) is 67.5 Å². The molecule has 170 valence electrons. The SMILES string of the molecule is C=C(C)C(=O)OC(C)(C)CC(C)(C)Oc1ccc2cc(-c3ccccc3)n(C(C)C)c2c1. The maximum atomic E-state index is 12.0. The molecule has 0 amide bonds. The lowest BCUT2D eigenvalue weighted by Gasteiger charge is -2.35. The van der Waals surface area contributed by atoms with Crippen molar-refractivity contribution in [2.45, 2.75) is 72.1 Å². The van der Waals surface area contributed by atoms with Gasteiger partial charge < -0.3 is 14.0 Å². The molecule has 1 heterocycles. The first-order valence-corrected chi connectivity index (χ1v) is 11.2. The summed E-state index contributed by atoms with van der Waals surface area (Å²) < 4.78 is 14.4. The van der Waals surface area contributed by atoms with Crippen molar-refractivity contribution in [1.29, 1.82) is 0 Å². The molecule has 3 aromatic rings. The van der Waals surface area contributed by atoms with Crippen LogP contribution in [0.5, 0.6) is 5.75 Å². The quantitative estimate of drug-likeness (QED) is 0.276. The van der Waals surface area contributed by atoms with E-state index >= 15 is 0 Å². The van der Waals surface area contributed by atoms with Gasteiger partial charge >= 0.3 is 5.97 Å². The minimum absolute atomic E-state index is 0.298. The van der Waals surface area contributed by atoms with Crippen LogP contribution in [0.2, 0.25) is 0 Å². The number of benzene rings is 2. The molecule has 0 saturated heterocycles. The average molecular weight is 434 g/mol. The van der Waals surface area contributed by atoms with E-state index in [4.69, 9.17) is 9.47 Å². The van der Waals surface area contributed by atoms with Gasteiger partial charge in [0.15, 0.2) is 0 Å². The molecule has 0 saturated carbocycles. The van der Waals surface area contributed by atoms with E-state index in [0.717, 1.165) is 11.3 Å². The fraction of sp³-hybridized carbons (Fsp3) is 0.393. The molecule has 0 spiro atoms. The van der Waals surface area contributed by atoms with Crippen LogP contribution in [0, 0.1) is 0 Å². The van der Waals surface area contributed by atoms with Crippen molar-refractivity contribution in [3.8, 4) is 17.0 Å². The van der Waals surface area contributed by atoms with Crippen molar-refractivity contribution in [3.63, 3.8) is 0 Å². The normalized spacial score (nSPS) is 12.2. The van der Waals surface area contributed by atoms with Gasteiger partial charge in [-0.3, -0.25) is 0 Å². The Hall–Kier alpha value is -3.01. The average Bonchev–Trinajstić information content (AvgIpc) is 3.05. The second-order valence-corrected chi connectivity index (χ2v) is 10.0. The van der Waals surface area contributed by atoms with E-state index < -0.39 is 11.2 Å². The van der Waals surface area contributed by atoms with E-state index in [1.54, 1.807) is 6.92 Å². The highest BCUT2D eigenvalue weighted by atomic mass is 16.6. The van der Waals surface area contributed by atoms with Crippen LogP contribution in [-0.4, -0.2) is 21.7 Å². The Morgan fingerprint density at radius 2 is 1.66 bits per heavy atom. The van der Waals surface area contributed by atoms with Crippen molar-refractivity contribution in [2.75, 3.05) is 0 Å². The van der Waals surface area contributed by atoms with Crippen molar-refractivity contribution < 1.29 is 14.3 Å². The molecule has 0 unspecified atom stereocenters. The number of fused-ring (bicyclic) bond motifs is 1. The molecule has 4 heteroatoms. The highest BCUT2D eigenvalue weighted by Gasteiger charge is 2.33. The predicted octanol–water partition coefficient (Wildman–Crippen LogP) is 7.33. The zero-order chi connectivity index (χ0) is 23.7. The molecule has 4 nitrogen and oxygen atoms in total. The molecule has 0 fully saturated rings. The molecular weight excluding hydrogens is 398 g/mol. The molecule has 0 bridgehead atoms. The fourth-order valence-electron chi connectivity index (χ4n) is 4.41. The molecule has 0 aliphatic heterocycles. The summed E-state index contributed by atoms with van der Waals surface area (Å²) in [5, 5.41) is 1.18. The zero-order valence-electron chi connectivity index (χ0n) is 20.4. The minimum Gasteiger partial charge on any atom is -0.488 e. The van der Waals surface area contributed by atoms with Crippen molar-refractivity contribution in [2.24, 2.45) is 0 Å². The number of ether oxygens (including phenoxy) is 2. The number of aromatic nitrogens is 1. The smallest absolute Gasteiger partial charge is 0.333 e. The van der Waals surface area contributed by atoms with Gasteiger partial charge in [-0.15, -0.1) is 0 Å². The van der Waals surface area contributed by atoms with Crippen LogP contribution in [0.3, 0.4) is 0 Å². The topological polar surface area (TPSA) is 40.5 Å².